The van der Waals surface area contributed by atoms with E-state index in [0.717, 1.165) is 25.7 Å². The van der Waals surface area contributed by atoms with Crippen molar-refractivity contribution in [3.8, 4) is 0 Å². The smallest absolute Gasteiger partial charge is 0.334 e. The van der Waals surface area contributed by atoms with Crippen LogP contribution in [0.3, 0.4) is 0 Å². The van der Waals surface area contributed by atoms with Crippen LogP contribution < -0.4 is 10.6 Å². The fraction of sp³-hybridized carbons (Fsp3) is 0.727. The number of ether oxygens (including phenoxy) is 1. The van der Waals surface area contributed by atoms with Crippen LogP contribution in [0.15, 0.2) is 0 Å². The number of carbonyl (C=O) groups is 2. The summed E-state index contributed by atoms with van der Waals surface area (Å²) in [7, 11) is 2.64. The topological polar surface area (TPSA) is 94.5 Å². The normalized spacial score (nSPS) is 15.7. The van der Waals surface area contributed by atoms with E-state index >= 15 is 0 Å². The number of methoxy groups -OCH3 is 1. The van der Waals surface area contributed by atoms with E-state index in [2.05, 4.69) is 15.4 Å². The molecule has 0 spiro atoms. The summed E-state index contributed by atoms with van der Waals surface area (Å²) in [5.41, 5.74) is 0. The maximum absolute atomic E-state index is 11.9. The molecule has 1 aliphatic carbocycles. The van der Waals surface area contributed by atoms with Crippen LogP contribution in [0.2, 0.25) is 0 Å². The molecule has 0 aliphatic heterocycles. The van der Waals surface area contributed by atoms with Gasteiger partial charge in [-0.05, 0) is 12.8 Å². The summed E-state index contributed by atoms with van der Waals surface area (Å²) in [6.07, 6.45) is 5.15. The zero-order chi connectivity index (χ0) is 13.5. The number of hydrogen-bond acceptors (Lipinski definition) is 4. The quantitative estimate of drug-likeness (QED) is 0.487. The number of imide groups is 1. The Hall–Kier alpha value is -1.79. The molecule has 0 bridgehead atoms. The SMILES string of the molecule is CNC(=O)N(C(=N)OC)C(=O)NC1CCCCC1. The van der Waals surface area contributed by atoms with Crippen molar-refractivity contribution >= 4 is 18.1 Å². The Balaban J connectivity index is 2.63. The van der Waals surface area contributed by atoms with Gasteiger partial charge in [0.1, 0.15) is 0 Å². The molecule has 1 aliphatic rings. The van der Waals surface area contributed by atoms with Gasteiger partial charge in [0.15, 0.2) is 0 Å². The van der Waals surface area contributed by atoms with E-state index in [1.54, 1.807) is 0 Å². The Bertz CT molecular complexity index is 310. The average Bonchev–Trinajstić information content (AvgIpc) is 2.39. The summed E-state index contributed by atoms with van der Waals surface area (Å²) in [5, 5.41) is 12.5. The number of nitrogens with zero attached hydrogens (tertiary/aromatic N) is 1. The minimum absolute atomic E-state index is 0.0723. The molecule has 7 heteroatoms. The van der Waals surface area contributed by atoms with E-state index < -0.39 is 18.1 Å². The zero-order valence-electron chi connectivity index (χ0n) is 10.8. The highest BCUT2D eigenvalue weighted by molar-refractivity contribution is 6.08. The molecule has 0 radical (unpaired) electrons. The Labute approximate surface area is 106 Å². The van der Waals surface area contributed by atoms with Gasteiger partial charge in [0.2, 0.25) is 0 Å². The van der Waals surface area contributed by atoms with E-state index in [9.17, 15) is 9.59 Å². The molecule has 0 aromatic rings. The van der Waals surface area contributed by atoms with Gasteiger partial charge in [-0.2, -0.15) is 4.90 Å². The van der Waals surface area contributed by atoms with E-state index in [1.165, 1.54) is 20.6 Å². The van der Waals surface area contributed by atoms with E-state index in [-0.39, 0.29) is 6.04 Å². The average molecular weight is 256 g/mol. The van der Waals surface area contributed by atoms with Crippen molar-refractivity contribution in [2.45, 2.75) is 38.1 Å². The molecule has 1 saturated carbocycles. The second kappa shape index (κ2) is 6.83. The molecule has 4 amide bonds. The van der Waals surface area contributed by atoms with Gasteiger partial charge in [-0.15, -0.1) is 0 Å². The fourth-order valence-electron chi connectivity index (χ4n) is 1.97. The van der Waals surface area contributed by atoms with Crippen molar-refractivity contribution in [3.05, 3.63) is 0 Å². The second-order valence-corrected chi connectivity index (χ2v) is 4.18. The van der Waals surface area contributed by atoms with Crippen LogP contribution in [-0.2, 0) is 4.74 Å². The predicted octanol–water partition coefficient (Wildman–Crippen LogP) is 1.25. The molecular weight excluding hydrogens is 236 g/mol. The summed E-state index contributed by atoms with van der Waals surface area (Å²) in [6.45, 7) is 0. The summed E-state index contributed by atoms with van der Waals surface area (Å²) in [5.74, 6) is 0. The zero-order valence-corrected chi connectivity index (χ0v) is 10.8. The lowest BCUT2D eigenvalue weighted by molar-refractivity contribution is 0.191. The van der Waals surface area contributed by atoms with Gasteiger partial charge in [0, 0.05) is 13.1 Å². The first-order valence-electron chi connectivity index (χ1n) is 6.05. The first-order chi connectivity index (χ1) is 8.60. The molecule has 1 rings (SSSR count). The van der Waals surface area contributed by atoms with Crippen LogP contribution in [-0.4, -0.2) is 43.2 Å². The van der Waals surface area contributed by atoms with Gasteiger partial charge < -0.3 is 15.4 Å². The number of nitrogens with one attached hydrogen (secondary N) is 3. The second-order valence-electron chi connectivity index (χ2n) is 4.18. The summed E-state index contributed by atoms with van der Waals surface area (Å²) >= 11 is 0. The van der Waals surface area contributed by atoms with Crippen molar-refractivity contribution in [1.82, 2.24) is 15.5 Å². The van der Waals surface area contributed by atoms with Crippen molar-refractivity contribution in [1.29, 1.82) is 5.41 Å². The van der Waals surface area contributed by atoms with Crippen LogP contribution in [0, 0.1) is 5.41 Å². The Morgan fingerprint density at radius 2 is 1.83 bits per heavy atom. The molecule has 18 heavy (non-hydrogen) atoms. The number of carbonyl (C=O) groups excluding carboxylic acids is 2. The molecule has 0 aromatic heterocycles. The van der Waals surface area contributed by atoms with Crippen molar-refractivity contribution in [2.75, 3.05) is 14.2 Å². The van der Waals surface area contributed by atoms with E-state index in [1.807, 2.05) is 0 Å². The number of amidine groups is 1. The van der Waals surface area contributed by atoms with Gasteiger partial charge in [-0.25, -0.2) is 9.59 Å². The highest BCUT2D eigenvalue weighted by Crippen LogP contribution is 2.17. The lowest BCUT2D eigenvalue weighted by Crippen LogP contribution is -2.53. The lowest BCUT2D eigenvalue weighted by atomic mass is 9.96. The molecule has 0 heterocycles. The van der Waals surface area contributed by atoms with Crippen LogP contribution in [0.25, 0.3) is 0 Å². The minimum Gasteiger partial charge on any atom is -0.468 e. The van der Waals surface area contributed by atoms with Crippen LogP contribution in [0.4, 0.5) is 9.59 Å². The highest BCUT2D eigenvalue weighted by atomic mass is 16.5. The number of amides is 4. The van der Waals surface area contributed by atoms with Crippen LogP contribution >= 0.6 is 0 Å². The third kappa shape index (κ3) is 3.61. The van der Waals surface area contributed by atoms with Crippen LogP contribution in [0.5, 0.6) is 0 Å². The largest absolute Gasteiger partial charge is 0.468 e. The summed E-state index contributed by atoms with van der Waals surface area (Å²) in [6, 6.07) is -1.73. The maximum Gasteiger partial charge on any atom is 0.334 e. The van der Waals surface area contributed by atoms with Gasteiger partial charge in [-0.1, -0.05) is 19.3 Å². The monoisotopic (exact) mass is 256 g/mol. The molecule has 0 saturated heterocycles. The summed E-state index contributed by atoms with van der Waals surface area (Å²) in [4.78, 5) is 24.1. The Morgan fingerprint density at radius 1 is 1.22 bits per heavy atom. The van der Waals surface area contributed by atoms with Crippen LogP contribution in [0.1, 0.15) is 32.1 Å². The van der Waals surface area contributed by atoms with Gasteiger partial charge >= 0.3 is 18.1 Å². The molecule has 0 atom stereocenters. The number of hydrogen-bond donors (Lipinski definition) is 3. The first kappa shape index (κ1) is 14.3. The Morgan fingerprint density at radius 3 is 2.33 bits per heavy atom. The van der Waals surface area contributed by atoms with Gasteiger partial charge in [0.05, 0.1) is 7.11 Å². The maximum atomic E-state index is 11.9. The predicted molar refractivity (Wildman–Crippen MR) is 66.4 cm³/mol. The molecule has 0 aromatic carbocycles. The standard InChI is InChI=1S/C11H20N4O3/c1-13-10(16)15(9(12)18-2)11(17)14-8-6-4-3-5-7-8/h8,12H,3-7H2,1-2H3,(H,13,16)(H,14,17). The third-order valence-electron chi connectivity index (χ3n) is 2.95. The van der Waals surface area contributed by atoms with Crippen molar-refractivity contribution in [3.63, 3.8) is 0 Å². The Kier molecular flexibility index (Phi) is 5.41. The first-order valence-corrected chi connectivity index (χ1v) is 6.05. The number of rotatable bonds is 1. The minimum atomic E-state index is -0.685. The molecule has 0 unspecified atom stereocenters. The van der Waals surface area contributed by atoms with Crippen molar-refractivity contribution < 1.29 is 14.3 Å². The number of urea groups is 2. The molecule has 102 valence electrons. The fourth-order valence-corrected chi connectivity index (χ4v) is 1.97. The van der Waals surface area contributed by atoms with Gasteiger partial charge in [0.25, 0.3) is 0 Å². The van der Waals surface area contributed by atoms with E-state index in [4.69, 9.17) is 5.41 Å². The molecular formula is C11H20N4O3. The molecule has 7 nitrogen and oxygen atoms in total. The lowest BCUT2D eigenvalue weighted by Gasteiger charge is -2.26. The highest BCUT2D eigenvalue weighted by Gasteiger charge is 2.28. The van der Waals surface area contributed by atoms with E-state index in [0.29, 0.717) is 4.90 Å². The van der Waals surface area contributed by atoms with Crippen molar-refractivity contribution in [2.24, 2.45) is 0 Å². The molecule has 3 N–H and O–H groups in total. The molecule has 1 fully saturated rings. The third-order valence-corrected chi connectivity index (χ3v) is 2.95. The van der Waals surface area contributed by atoms with Gasteiger partial charge in [-0.3, -0.25) is 5.41 Å². The summed E-state index contributed by atoms with van der Waals surface area (Å²) < 4.78 is 4.63.